The van der Waals surface area contributed by atoms with Crippen molar-refractivity contribution in [1.29, 1.82) is 0 Å². The number of piperidine rings is 1. The Balaban J connectivity index is 1.53. The minimum Gasteiger partial charge on any atom is -0.457 e. The number of ether oxygens (including phenoxy) is 1. The highest BCUT2D eigenvalue weighted by Gasteiger charge is 2.40. The largest absolute Gasteiger partial charge is 0.457 e. The van der Waals surface area contributed by atoms with Gasteiger partial charge in [0, 0.05) is 31.0 Å². The number of aromatic nitrogens is 1. The Morgan fingerprint density at radius 3 is 2.75 bits per heavy atom. The Hall–Kier alpha value is -2.48. The van der Waals surface area contributed by atoms with Crippen molar-refractivity contribution in [3.05, 3.63) is 34.0 Å². The second kappa shape index (κ2) is 5.55. The molecule has 2 aromatic rings. The number of fused-ring (bicyclic) bond motifs is 3. The summed E-state index contributed by atoms with van der Waals surface area (Å²) in [6, 6.07) is 5.00. The molecule has 0 radical (unpaired) electrons. The number of carbonyl (C=O) groups excluding carboxylic acids is 1. The first-order valence-electron chi connectivity index (χ1n) is 7.99. The van der Waals surface area contributed by atoms with Crippen LogP contribution in [-0.4, -0.2) is 46.2 Å². The van der Waals surface area contributed by atoms with Crippen molar-refractivity contribution >= 4 is 22.6 Å². The van der Waals surface area contributed by atoms with E-state index in [9.17, 15) is 14.9 Å². The summed E-state index contributed by atoms with van der Waals surface area (Å²) >= 11 is 0. The molecule has 0 amide bonds. The predicted molar refractivity (Wildman–Crippen MR) is 83.7 cm³/mol. The van der Waals surface area contributed by atoms with Gasteiger partial charge in [-0.2, -0.15) is 0 Å². The third kappa shape index (κ3) is 2.43. The van der Waals surface area contributed by atoms with Crippen LogP contribution in [-0.2, 0) is 4.74 Å². The van der Waals surface area contributed by atoms with Crippen LogP contribution < -0.4 is 0 Å². The molecule has 8 nitrogen and oxygen atoms in total. The molecule has 2 fully saturated rings. The number of esters is 1. The normalized spacial score (nSPS) is 26.6. The van der Waals surface area contributed by atoms with E-state index in [0.717, 1.165) is 25.7 Å². The highest BCUT2D eigenvalue weighted by molar-refractivity contribution is 6.01. The SMILES string of the molecule is CN1[C@@H]2CC[C@H]1CC(OC(=O)c1noc3cc([N+](=O)[O-])ccc13)C2. The molecule has 1 aromatic carbocycles. The smallest absolute Gasteiger partial charge is 0.361 e. The molecule has 0 N–H and O–H groups in total. The topological polar surface area (TPSA) is 98.7 Å². The van der Waals surface area contributed by atoms with Crippen LogP contribution in [0.15, 0.2) is 22.7 Å². The number of hydrogen-bond acceptors (Lipinski definition) is 7. The average molecular weight is 331 g/mol. The quantitative estimate of drug-likeness (QED) is 0.484. The van der Waals surface area contributed by atoms with E-state index in [1.165, 1.54) is 18.2 Å². The lowest BCUT2D eigenvalue weighted by atomic mass is 10.0. The summed E-state index contributed by atoms with van der Waals surface area (Å²) in [5.41, 5.74) is 0.177. The molecule has 8 heteroatoms. The molecular weight excluding hydrogens is 314 g/mol. The Morgan fingerprint density at radius 1 is 1.38 bits per heavy atom. The van der Waals surface area contributed by atoms with Crippen LogP contribution in [0.5, 0.6) is 0 Å². The van der Waals surface area contributed by atoms with Crippen molar-refractivity contribution < 1.29 is 19.0 Å². The third-order valence-electron chi connectivity index (χ3n) is 5.19. The number of nitro groups is 1. The van der Waals surface area contributed by atoms with Gasteiger partial charge < -0.3 is 14.2 Å². The van der Waals surface area contributed by atoms with Gasteiger partial charge in [0.2, 0.25) is 0 Å². The summed E-state index contributed by atoms with van der Waals surface area (Å²) in [4.78, 5) is 25.1. The van der Waals surface area contributed by atoms with Crippen LogP contribution in [0.1, 0.15) is 36.2 Å². The van der Waals surface area contributed by atoms with Crippen LogP contribution in [0.4, 0.5) is 5.69 Å². The fourth-order valence-electron chi connectivity index (χ4n) is 3.85. The van der Waals surface area contributed by atoms with E-state index in [-0.39, 0.29) is 23.1 Å². The summed E-state index contributed by atoms with van der Waals surface area (Å²) in [5.74, 6) is -0.531. The maximum atomic E-state index is 12.4. The van der Waals surface area contributed by atoms with Crippen molar-refractivity contribution in [2.45, 2.75) is 43.9 Å². The van der Waals surface area contributed by atoms with E-state index >= 15 is 0 Å². The zero-order valence-corrected chi connectivity index (χ0v) is 13.2. The van der Waals surface area contributed by atoms with Gasteiger partial charge in [-0.15, -0.1) is 0 Å². The van der Waals surface area contributed by atoms with Crippen molar-refractivity contribution in [3.63, 3.8) is 0 Å². The number of nitrogens with zero attached hydrogens (tertiary/aromatic N) is 3. The lowest BCUT2D eigenvalue weighted by Crippen LogP contribution is -2.43. The van der Waals surface area contributed by atoms with E-state index in [1.54, 1.807) is 0 Å². The van der Waals surface area contributed by atoms with Crippen LogP contribution in [0.2, 0.25) is 0 Å². The molecule has 126 valence electrons. The van der Waals surface area contributed by atoms with Crippen LogP contribution in [0, 0.1) is 10.1 Å². The molecule has 3 heterocycles. The predicted octanol–water partition coefficient (Wildman–Crippen LogP) is 2.52. The zero-order valence-electron chi connectivity index (χ0n) is 13.2. The highest BCUT2D eigenvalue weighted by Crippen LogP contribution is 2.36. The van der Waals surface area contributed by atoms with E-state index in [1.807, 2.05) is 0 Å². The summed E-state index contributed by atoms with van der Waals surface area (Å²) in [7, 11) is 2.12. The Kier molecular flexibility index (Phi) is 3.49. The highest BCUT2D eigenvalue weighted by atomic mass is 16.6. The van der Waals surface area contributed by atoms with Crippen LogP contribution in [0.3, 0.4) is 0 Å². The molecule has 2 aliphatic heterocycles. The molecule has 1 aromatic heterocycles. The molecular formula is C16H17N3O5. The lowest BCUT2D eigenvalue weighted by Gasteiger charge is -2.35. The molecule has 4 rings (SSSR count). The maximum absolute atomic E-state index is 12.4. The summed E-state index contributed by atoms with van der Waals surface area (Å²) in [6.45, 7) is 0. The second-order valence-electron chi connectivity index (χ2n) is 6.52. The lowest BCUT2D eigenvalue weighted by molar-refractivity contribution is -0.384. The van der Waals surface area contributed by atoms with Gasteiger partial charge >= 0.3 is 5.97 Å². The number of benzene rings is 1. The molecule has 0 saturated carbocycles. The Morgan fingerprint density at radius 2 is 2.08 bits per heavy atom. The molecule has 0 aliphatic carbocycles. The van der Waals surface area contributed by atoms with Gasteiger partial charge in [0.25, 0.3) is 5.69 Å². The minimum absolute atomic E-state index is 0.0752. The van der Waals surface area contributed by atoms with E-state index in [0.29, 0.717) is 17.5 Å². The molecule has 0 spiro atoms. The summed E-state index contributed by atoms with van der Waals surface area (Å²) in [5, 5.41) is 15.0. The standard InChI is InChI=1S/C16H17N3O5/c1-18-9-2-3-10(18)7-12(6-9)23-16(20)15-13-5-4-11(19(21)22)8-14(13)24-17-15/h4-5,8-10,12H,2-3,6-7H2,1H3/t9-,10+,12?. The van der Waals surface area contributed by atoms with Crippen molar-refractivity contribution in [1.82, 2.24) is 10.1 Å². The zero-order chi connectivity index (χ0) is 16.8. The number of carbonyl (C=O) groups is 1. The van der Waals surface area contributed by atoms with Gasteiger partial charge in [0.05, 0.1) is 16.4 Å². The van der Waals surface area contributed by atoms with Crippen LogP contribution >= 0.6 is 0 Å². The van der Waals surface area contributed by atoms with Gasteiger partial charge in [-0.1, -0.05) is 5.16 Å². The van der Waals surface area contributed by atoms with E-state index in [2.05, 4.69) is 17.1 Å². The number of nitro benzene ring substituents is 1. The number of hydrogen-bond donors (Lipinski definition) is 0. The van der Waals surface area contributed by atoms with Crippen molar-refractivity contribution in [2.24, 2.45) is 0 Å². The Labute approximate surface area is 137 Å². The van der Waals surface area contributed by atoms with Gasteiger partial charge in [-0.25, -0.2) is 4.79 Å². The fraction of sp³-hybridized carbons (Fsp3) is 0.500. The van der Waals surface area contributed by atoms with Gasteiger partial charge in [-0.3, -0.25) is 10.1 Å². The second-order valence-corrected chi connectivity index (χ2v) is 6.52. The summed E-state index contributed by atoms with van der Waals surface area (Å²) < 4.78 is 10.7. The monoisotopic (exact) mass is 331 g/mol. The first-order valence-corrected chi connectivity index (χ1v) is 7.99. The molecule has 3 atom stereocenters. The molecule has 1 unspecified atom stereocenters. The first-order chi connectivity index (χ1) is 11.5. The average Bonchev–Trinajstić information content (AvgIpc) is 3.05. The van der Waals surface area contributed by atoms with Crippen molar-refractivity contribution in [3.8, 4) is 0 Å². The Bertz CT molecular complexity index is 803. The van der Waals surface area contributed by atoms with Crippen molar-refractivity contribution in [2.75, 3.05) is 7.05 Å². The molecule has 2 saturated heterocycles. The van der Waals surface area contributed by atoms with Gasteiger partial charge in [0.15, 0.2) is 11.3 Å². The number of non-ortho nitro benzene ring substituents is 1. The minimum atomic E-state index is -0.531. The fourth-order valence-corrected chi connectivity index (χ4v) is 3.85. The summed E-state index contributed by atoms with van der Waals surface area (Å²) in [6.07, 6.45) is 3.84. The van der Waals surface area contributed by atoms with Gasteiger partial charge in [0.1, 0.15) is 6.10 Å². The van der Waals surface area contributed by atoms with E-state index in [4.69, 9.17) is 9.26 Å². The third-order valence-corrected chi connectivity index (χ3v) is 5.19. The molecule has 2 bridgehead atoms. The maximum Gasteiger partial charge on any atom is 0.361 e. The van der Waals surface area contributed by atoms with Crippen LogP contribution in [0.25, 0.3) is 11.0 Å². The van der Waals surface area contributed by atoms with Gasteiger partial charge in [-0.05, 0) is 26.0 Å². The molecule has 24 heavy (non-hydrogen) atoms. The van der Waals surface area contributed by atoms with E-state index < -0.39 is 10.9 Å². The first kappa shape index (κ1) is 15.1. The molecule has 2 aliphatic rings. The number of rotatable bonds is 3.